The Morgan fingerprint density at radius 3 is 2.64 bits per heavy atom. The van der Waals surface area contributed by atoms with E-state index in [1.807, 2.05) is 0 Å². The minimum atomic E-state index is -0.933. The van der Waals surface area contributed by atoms with Crippen LogP contribution < -0.4 is 10.5 Å². The van der Waals surface area contributed by atoms with Crippen LogP contribution in [0.5, 0.6) is 5.75 Å². The van der Waals surface area contributed by atoms with E-state index >= 15 is 0 Å². The lowest BCUT2D eigenvalue weighted by Gasteiger charge is -2.10. The molecule has 0 unspecified atom stereocenters. The van der Waals surface area contributed by atoms with Crippen LogP contribution in [0, 0.1) is 11.6 Å². The highest BCUT2D eigenvalue weighted by atomic mass is 19.2. The zero-order valence-corrected chi connectivity index (χ0v) is 8.02. The standard InChI is InChI=1S/C10H13F2NO/c1-2-14-10-7(5-6-13)3-4-8(11)9(10)12/h3-4H,2,5-6,13H2,1H3. The molecule has 0 fully saturated rings. The smallest absolute Gasteiger partial charge is 0.200 e. The van der Waals surface area contributed by atoms with Crippen LogP contribution in [-0.4, -0.2) is 13.2 Å². The minimum absolute atomic E-state index is 0.0158. The fourth-order valence-electron chi connectivity index (χ4n) is 1.22. The SMILES string of the molecule is CCOc1c(CCN)ccc(F)c1F. The Bertz CT molecular complexity index is 315. The number of halogens is 2. The van der Waals surface area contributed by atoms with Crippen molar-refractivity contribution >= 4 is 0 Å². The minimum Gasteiger partial charge on any atom is -0.490 e. The lowest BCUT2D eigenvalue weighted by Crippen LogP contribution is -2.07. The van der Waals surface area contributed by atoms with Crippen LogP contribution in [0.3, 0.4) is 0 Å². The molecule has 1 aromatic carbocycles. The van der Waals surface area contributed by atoms with Crippen LogP contribution in [0.2, 0.25) is 0 Å². The van der Waals surface area contributed by atoms with E-state index in [9.17, 15) is 8.78 Å². The first-order valence-corrected chi connectivity index (χ1v) is 4.50. The van der Waals surface area contributed by atoms with Gasteiger partial charge >= 0.3 is 0 Å². The summed E-state index contributed by atoms with van der Waals surface area (Å²) in [5.41, 5.74) is 5.95. The van der Waals surface area contributed by atoms with Gasteiger partial charge in [-0.25, -0.2) is 4.39 Å². The average Bonchev–Trinajstić information content (AvgIpc) is 2.18. The van der Waals surface area contributed by atoms with Crippen molar-refractivity contribution in [2.24, 2.45) is 5.73 Å². The summed E-state index contributed by atoms with van der Waals surface area (Å²) in [5, 5.41) is 0. The summed E-state index contributed by atoms with van der Waals surface area (Å²) in [6.45, 7) is 2.40. The molecule has 1 rings (SSSR count). The van der Waals surface area contributed by atoms with Crippen LogP contribution >= 0.6 is 0 Å². The second-order valence-corrected chi connectivity index (χ2v) is 2.82. The molecule has 78 valence electrons. The summed E-state index contributed by atoms with van der Waals surface area (Å²) in [6.07, 6.45) is 0.479. The van der Waals surface area contributed by atoms with Crippen molar-refractivity contribution < 1.29 is 13.5 Å². The highest BCUT2D eigenvalue weighted by molar-refractivity contribution is 5.36. The maximum absolute atomic E-state index is 13.2. The number of rotatable bonds is 4. The van der Waals surface area contributed by atoms with Crippen LogP contribution in [0.15, 0.2) is 12.1 Å². The topological polar surface area (TPSA) is 35.2 Å². The molecule has 0 saturated carbocycles. The largest absolute Gasteiger partial charge is 0.490 e. The highest BCUT2D eigenvalue weighted by Gasteiger charge is 2.13. The Labute approximate surface area is 81.7 Å². The van der Waals surface area contributed by atoms with Crippen molar-refractivity contribution in [3.63, 3.8) is 0 Å². The van der Waals surface area contributed by atoms with E-state index in [2.05, 4.69) is 0 Å². The van der Waals surface area contributed by atoms with Gasteiger partial charge < -0.3 is 10.5 Å². The maximum atomic E-state index is 13.2. The lowest BCUT2D eigenvalue weighted by molar-refractivity contribution is 0.310. The first kappa shape index (κ1) is 10.9. The van der Waals surface area contributed by atoms with E-state index in [0.717, 1.165) is 6.07 Å². The molecule has 0 bridgehead atoms. The molecule has 0 aliphatic heterocycles. The zero-order chi connectivity index (χ0) is 10.6. The molecule has 0 heterocycles. The molecule has 1 aromatic rings. The van der Waals surface area contributed by atoms with Crippen LogP contribution in [0.25, 0.3) is 0 Å². The van der Waals surface area contributed by atoms with E-state index in [4.69, 9.17) is 10.5 Å². The average molecular weight is 201 g/mol. The van der Waals surface area contributed by atoms with Crippen molar-refractivity contribution in [1.29, 1.82) is 0 Å². The van der Waals surface area contributed by atoms with Gasteiger partial charge in [0.1, 0.15) is 0 Å². The third kappa shape index (κ3) is 2.20. The molecule has 0 aliphatic rings. The van der Waals surface area contributed by atoms with Gasteiger partial charge in [0.05, 0.1) is 6.61 Å². The van der Waals surface area contributed by atoms with Crippen molar-refractivity contribution in [2.75, 3.05) is 13.2 Å². The molecule has 4 heteroatoms. The molecule has 0 atom stereocenters. The molecule has 2 nitrogen and oxygen atoms in total. The molecule has 14 heavy (non-hydrogen) atoms. The predicted molar refractivity (Wildman–Crippen MR) is 50.3 cm³/mol. The van der Waals surface area contributed by atoms with Gasteiger partial charge in [-0.05, 0) is 31.5 Å². The highest BCUT2D eigenvalue weighted by Crippen LogP contribution is 2.25. The number of benzene rings is 1. The van der Waals surface area contributed by atoms with Crippen LogP contribution in [0.4, 0.5) is 8.78 Å². The zero-order valence-electron chi connectivity index (χ0n) is 8.02. The number of nitrogens with two attached hydrogens (primary N) is 1. The van der Waals surface area contributed by atoms with Gasteiger partial charge in [0, 0.05) is 0 Å². The Balaban J connectivity index is 3.08. The molecule has 0 amide bonds. The maximum Gasteiger partial charge on any atom is 0.200 e. The first-order valence-electron chi connectivity index (χ1n) is 4.50. The third-order valence-electron chi connectivity index (χ3n) is 1.83. The summed E-state index contributed by atoms with van der Waals surface area (Å²) in [5.74, 6) is -1.84. The van der Waals surface area contributed by atoms with Gasteiger partial charge in [0.25, 0.3) is 0 Å². The van der Waals surface area contributed by atoms with Gasteiger partial charge in [0.2, 0.25) is 5.82 Å². The molecule has 0 saturated heterocycles. The number of hydrogen-bond donors (Lipinski definition) is 1. The molecule has 0 aliphatic carbocycles. The fraction of sp³-hybridized carbons (Fsp3) is 0.400. The van der Waals surface area contributed by atoms with Crippen molar-refractivity contribution in [3.8, 4) is 5.75 Å². The summed E-state index contributed by atoms with van der Waals surface area (Å²) in [4.78, 5) is 0. The predicted octanol–water partition coefficient (Wildman–Crippen LogP) is 1.86. The van der Waals surface area contributed by atoms with Crippen molar-refractivity contribution in [2.45, 2.75) is 13.3 Å². The summed E-state index contributed by atoms with van der Waals surface area (Å²) in [6, 6.07) is 2.58. The fourth-order valence-corrected chi connectivity index (χ4v) is 1.22. The molecule has 0 aromatic heterocycles. The van der Waals surface area contributed by atoms with Crippen LogP contribution in [-0.2, 0) is 6.42 Å². The number of ether oxygens (including phenoxy) is 1. The Morgan fingerprint density at radius 1 is 1.36 bits per heavy atom. The summed E-state index contributed by atoms with van der Waals surface area (Å²) in [7, 11) is 0. The quantitative estimate of drug-likeness (QED) is 0.807. The molecule has 0 spiro atoms. The normalized spacial score (nSPS) is 10.3. The first-order chi connectivity index (χ1) is 6.70. The Hall–Kier alpha value is -1.16. The van der Waals surface area contributed by atoms with E-state index in [1.165, 1.54) is 6.07 Å². The summed E-state index contributed by atoms with van der Waals surface area (Å²) >= 11 is 0. The van der Waals surface area contributed by atoms with Gasteiger partial charge in [-0.2, -0.15) is 4.39 Å². The Kier molecular flexibility index (Phi) is 3.83. The number of hydrogen-bond acceptors (Lipinski definition) is 2. The molecule has 0 radical (unpaired) electrons. The van der Waals surface area contributed by atoms with Crippen molar-refractivity contribution in [3.05, 3.63) is 29.3 Å². The second kappa shape index (κ2) is 4.91. The van der Waals surface area contributed by atoms with Crippen molar-refractivity contribution in [1.82, 2.24) is 0 Å². The van der Waals surface area contributed by atoms with Crippen LogP contribution in [0.1, 0.15) is 12.5 Å². The van der Waals surface area contributed by atoms with E-state index < -0.39 is 11.6 Å². The Morgan fingerprint density at radius 2 is 2.07 bits per heavy atom. The molecule has 2 N–H and O–H groups in total. The molecular weight excluding hydrogens is 188 g/mol. The van der Waals surface area contributed by atoms with E-state index in [1.54, 1.807) is 6.92 Å². The van der Waals surface area contributed by atoms with Gasteiger partial charge in [-0.15, -0.1) is 0 Å². The third-order valence-corrected chi connectivity index (χ3v) is 1.83. The van der Waals surface area contributed by atoms with Gasteiger partial charge in [-0.3, -0.25) is 0 Å². The lowest BCUT2D eigenvalue weighted by atomic mass is 10.1. The molecular formula is C10H13F2NO. The van der Waals surface area contributed by atoms with Gasteiger partial charge in [-0.1, -0.05) is 6.07 Å². The van der Waals surface area contributed by atoms with E-state index in [-0.39, 0.29) is 5.75 Å². The monoisotopic (exact) mass is 201 g/mol. The second-order valence-electron chi connectivity index (χ2n) is 2.82. The van der Waals surface area contributed by atoms with Gasteiger partial charge in [0.15, 0.2) is 11.6 Å². The van der Waals surface area contributed by atoms with E-state index in [0.29, 0.717) is 25.1 Å². The summed E-state index contributed by atoms with van der Waals surface area (Å²) < 4.78 is 31.1.